The average molecular weight is 525 g/mol. The molecule has 1 aromatic heterocycles. The van der Waals surface area contributed by atoms with Gasteiger partial charge in [-0.05, 0) is 99.2 Å². The Morgan fingerprint density at radius 2 is 1.89 bits per heavy atom. The zero-order valence-corrected chi connectivity index (χ0v) is 22.6. The summed E-state index contributed by atoms with van der Waals surface area (Å²) in [7, 11) is 3.94. The predicted octanol–water partition coefficient (Wildman–Crippen LogP) is 4.07. The number of alkyl halides is 1. The summed E-state index contributed by atoms with van der Waals surface area (Å²) in [5.74, 6) is 0.0989. The maximum Gasteiger partial charge on any atom is 0.255 e. The summed E-state index contributed by atoms with van der Waals surface area (Å²) < 4.78 is 7.32. The molecule has 9 atom stereocenters. The SMILES string of the molecule is CN(C)C1CC23CCC4(O2)C2CC=C(c5ccc6c(=O)[nH]ccc6c5)C2(C)CCC4(Cl)CC3C(O)C1O. The molecular weight excluding hydrogens is 488 g/mol. The van der Waals surface area contributed by atoms with Gasteiger partial charge in [0.2, 0.25) is 0 Å². The second-order valence-electron chi connectivity index (χ2n) is 13.0. The third-order valence-electron chi connectivity index (χ3n) is 11.3. The minimum absolute atomic E-state index is 0.0609. The molecule has 2 aliphatic heterocycles. The zero-order valence-electron chi connectivity index (χ0n) is 21.8. The molecule has 2 saturated heterocycles. The molecule has 1 aromatic carbocycles. The van der Waals surface area contributed by atoms with Crippen molar-refractivity contribution in [2.45, 2.75) is 86.2 Å². The number of aliphatic hydroxyl groups is 2. The quantitative estimate of drug-likeness (QED) is 0.516. The van der Waals surface area contributed by atoms with E-state index in [2.05, 4.69) is 30.1 Å². The lowest BCUT2D eigenvalue weighted by Gasteiger charge is -2.65. The van der Waals surface area contributed by atoms with Gasteiger partial charge in [-0.3, -0.25) is 4.79 Å². The maximum atomic E-state index is 12.3. The number of rotatable bonds is 2. The molecule has 3 aliphatic carbocycles. The van der Waals surface area contributed by atoms with Crippen LogP contribution in [0.4, 0.5) is 0 Å². The van der Waals surface area contributed by atoms with Gasteiger partial charge >= 0.3 is 0 Å². The normalized spacial score (nSPS) is 46.5. The highest BCUT2D eigenvalue weighted by molar-refractivity contribution is 6.25. The van der Waals surface area contributed by atoms with E-state index in [1.54, 1.807) is 6.20 Å². The molecule has 6 nitrogen and oxygen atoms in total. The summed E-state index contributed by atoms with van der Waals surface area (Å²) in [6.45, 7) is 2.38. The Morgan fingerprint density at radius 3 is 2.68 bits per heavy atom. The van der Waals surface area contributed by atoms with Gasteiger partial charge in [0, 0.05) is 29.5 Å². The van der Waals surface area contributed by atoms with Crippen molar-refractivity contribution in [3.63, 3.8) is 0 Å². The fourth-order valence-electron chi connectivity index (χ4n) is 9.37. The van der Waals surface area contributed by atoms with E-state index in [0.29, 0.717) is 11.8 Å². The second kappa shape index (κ2) is 7.70. The van der Waals surface area contributed by atoms with E-state index >= 15 is 0 Å². The smallest absolute Gasteiger partial charge is 0.255 e. The van der Waals surface area contributed by atoms with Crippen molar-refractivity contribution in [1.29, 1.82) is 0 Å². The Bertz CT molecular complexity index is 1370. The van der Waals surface area contributed by atoms with Crippen molar-refractivity contribution in [3.8, 4) is 0 Å². The first-order valence-electron chi connectivity index (χ1n) is 13.8. The van der Waals surface area contributed by atoms with Crippen molar-refractivity contribution in [2.75, 3.05) is 14.1 Å². The number of aliphatic hydroxyl groups excluding tert-OH is 2. The lowest BCUT2D eigenvalue weighted by Crippen LogP contribution is -2.72. The van der Waals surface area contributed by atoms with Crippen LogP contribution in [0.15, 0.2) is 41.3 Å². The molecule has 37 heavy (non-hydrogen) atoms. The number of benzene rings is 1. The molecule has 9 unspecified atom stereocenters. The number of aromatic amines is 1. The third kappa shape index (κ3) is 3.00. The summed E-state index contributed by atoms with van der Waals surface area (Å²) in [6, 6.07) is 8.01. The van der Waals surface area contributed by atoms with Crippen LogP contribution in [0.3, 0.4) is 0 Å². The van der Waals surface area contributed by atoms with Gasteiger partial charge in [-0.2, -0.15) is 0 Å². The van der Waals surface area contributed by atoms with Crippen molar-refractivity contribution >= 4 is 27.9 Å². The molecule has 0 amide bonds. The van der Waals surface area contributed by atoms with Crippen molar-refractivity contribution < 1.29 is 14.9 Å². The van der Waals surface area contributed by atoms with Crippen LogP contribution in [-0.2, 0) is 4.74 Å². The van der Waals surface area contributed by atoms with Gasteiger partial charge in [-0.25, -0.2) is 0 Å². The standard InChI is InChI=1S/C30H37ClN2O4/c1-27-9-11-29(31)15-21-24(34)25(35)22(33(2)3)16-28(21)10-12-30(29,37-28)23(27)7-6-20(27)18-4-5-19-17(14-18)8-13-32-26(19)36/h4-6,8,13-14,21-25,34-35H,7,9-12,15-16H2,1-3H3,(H,32,36). The molecule has 7 heteroatoms. The number of pyridine rings is 1. The highest BCUT2D eigenvalue weighted by Gasteiger charge is 2.76. The van der Waals surface area contributed by atoms with E-state index in [9.17, 15) is 15.0 Å². The molecule has 0 radical (unpaired) electrons. The number of allylic oxidation sites excluding steroid dienone is 2. The third-order valence-corrected chi connectivity index (χ3v) is 12.0. The van der Waals surface area contributed by atoms with Crippen molar-refractivity contribution in [2.24, 2.45) is 17.3 Å². The van der Waals surface area contributed by atoms with E-state index in [4.69, 9.17) is 16.3 Å². The Kier molecular flexibility index (Phi) is 5.06. The fourth-order valence-corrected chi connectivity index (χ4v) is 9.89. The number of hydrogen-bond acceptors (Lipinski definition) is 5. The second-order valence-corrected chi connectivity index (χ2v) is 13.7. The molecule has 5 aliphatic rings. The Labute approximate surface area is 222 Å². The van der Waals surface area contributed by atoms with Crippen molar-refractivity contribution in [1.82, 2.24) is 9.88 Å². The number of ether oxygens (including phenoxy) is 1. The summed E-state index contributed by atoms with van der Waals surface area (Å²) in [4.78, 5) is 16.5. The first-order chi connectivity index (χ1) is 17.5. The molecule has 3 N–H and O–H groups in total. The van der Waals surface area contributed by atoms with Crippen LogP contribution in [0.2, 0.25) is 0 Å². The van der Waals surface area contributed by atoms with Gasteiger partial charge in [0.25, 0.3) is 5.56 Å². The molecule has 2 spiro atoms. The van der Waals surface area contributed by atoms with E-state index < -0.39 is 28.3 Å². The van der Waals surface area contributed by atoms with E-state index in [1.807, 2.05) is 31.1 Å². The highest BCUT2D eigenvalue weighted by atomic mass is 35.5. The van der Waals surface area contributed by atoms with Crippen LogP contribution in [0, 0.1) is 17.3 Å². The van der Waals surface area contributed by atoms with Gasteiger partial charge in [0.15, 0.2) is 0 Å². The van der Waals surface area contributed by atoms with Gasteiger partial charge in [-0.1, -0.05) is 19.1 Å². The number of H-pyrrole nitrogens is 1. The number of fused-ring (bicyclic) bond motifs is 2. The Morgan fingerprint density at radius 1 is 1.08 bits per heavy atom. The van der Waals surface area contributed by atoms with Crippen LogP contribution in [0.25, 0.3) is 16.3 Å². The number of aromatic nitrogens is 1. The van der Waals surface area contributed by atoms with Crippen LogP contribution in [-0.4, -0.2) is 68.5 Å². The predicted molar refractivity (Wildman–Crippen MR) is 145 cm³/mol. The molecule has 2 bridgehead atoms. The lowest BCUT2D eigenvalue weighted by molar-refractivity contribution is -0.276. The molecule has 3 heterocycles. The molecule has 4 fully saturated rings. The lowest BCUT2D eigenvalue weighted by atomic mass is 9.52. The maximum absolute atomic E-state index is 12.3. The molecule has 198 valence electrons. The largest absolute Gasteiger partial charge is 0.390 e. The van der Waals surface area contributed by atoms with Crippen LogP contribution >= 0.6 is 11.6 Å². The highest BCUT2D eigenvalue weighted by Crippen LogP contribution is 2.73. The molecule has 2 aromatic rings. The van der Waals surface area contributed by atoms with E-state index in [-0.39, 0.29) is 28.9 Å². The zero-order chi connectivity index (χ0) is 26.0. The summed E-state index contributed by atoms with van der Waals surface area (Å²) in [6.07, 6.45) is 8.33. The minimum atomic E-state index is -0.834. The monoisotopic (exact) mass is 524 g/mol. The molecular formula is C30H37ClN2O4. The van der Waals surface area contributed by atoms with Gasteiger partial charge < -0.3 is 24.8 Å². The summed E-state index contributed by atoms with van der Waals surface area (Å²) >= 11 is 7.62. The van der Waals surface area contributed by atoms with Gasteiger partial charge in [0.05, 0.1) is 28.3 Å². The average Bonchev–Trinajstić information content (AvgIpc) is 3.40. The number of nitrogens with one attached hydrogen (secondary N) is 1. The topological polar surface area (TPSA) is 85.8 Å². The summed E-state index contributed by atoms with van der Waals surface area (Å²) in [5.41, 5.74) is 1.46. The first kappa shape index (κ1) is 24.3. The van der Waals surface area contributed by atoms with E-state index in [1.165, 1.54) is 11.1 Å². The first-order valence-corrected chi connectivity index (χ1v) is 14.2. The molecule has 7 rings (SSSR count). The van der Waals surface area contributed by atoms with Crippen LogP contribution < -0.4 is 5.56 Å². The molecule has 2 saturated carbocycles. The number of halogens is 1. The number of hydrogen-bond donors (Lipinski definition) is 3. The van der Waals surface area contributed by atoms with E-state index in [0.717, 1.165) is 43.9 Å². The van der Waals surface area contributed by atoms with Gasteiger partial charge in [0.1, 0.15) is 0 Å². The Balaban J connectivity index is 1.27. The number of likely N-dealkylation sites (N-methyl/N-ethyl adjacent to an activating group) is 1. The fraction of sp³-hybridized carbons (Fsp3) is 0.633. The Hall–Kier alpha value is -1.70. The number of nitrogens with zero attached hydrogens (tertiary/aromatic N) is 1. The van der Waals surface area contributed by atoms with Crippen LogP contribution in [0.1, 0.15) is 57.4 Å². The van der Waals surface area contributed by atoms with Crippen molar-refractivity contribution in [3.05, 3.63) is 52.5 Å². The minimum Gasteiger partial charge on any atom is -0.390 e. The van der Waals surface area contributed by atoms with Gasteiger partial charge in [-0.15, -0.1) is 11.6 Å². The van der Waals surface area contributed by atoms with Crippen LogP contribution in [0.5, 0.6) is 0 Å². The summed E-state index contributed by atoms with van der Waals surface area (Å²) in [5, 5.41) is 23.9.